The Morgan fingerprint density at radius 1 is 1.08 bits per heavy atom. The topological polar surface area (TPSA) is 21.7 Å². The summed E-state index contributed by atoms with van der Waals surface area (Å²) in [7, 11) is 0. The van der Waals surface area contributed by atoms with E-state index in [4.69, 9.17) is 21.1 Å². The average Bonchev–Trinajstić information content (AvgIpc) is 2.63. The maximum Gasteiger partial charge on any atom is 0.123 e. The van der Waals surface area contributed by atoms with E-state index in [0.29, 0.717) is 6.61 Å². The number of hydrogen-bond donors (Lipinski definition) is 0. The fraction of sp³-hybridized carbons (Fsp3) is 0.400. The van der Waals surface area contributed by atoms with Crippen LogP contribution in [-0.2, 0) is 17.8 Å². The number of benzene rings is 2. The number of ether oxygens (including phenoxy) is 2. The van der Waals surface area contributed by atoms with Crippen LogP contribution in [0.4, 0.5) is 4.39 Å². The van der Waals surface area contributed by atoms with Crippen molar-refractivity contribution < 1.29 is 13.9 Å². The lowest BCUT2D eigenvalue weighted by atomic mass is 10.1. The molecule has 0 radical (unpaired) electrons. The van der Waals surface area contributed by atoms with Crippen LogP contribution in [-0.4, -0.2) is 37.7 Å². The Morgan fingerprint density at radius 3 is 2.60 bits per heavy atom. The summed E-state index contributed by atoms with van der Waals surface area (Å²) in [5.41, 5.74) is 2.05. The Hall–Kier alpha value is -1.62. The Bertz CT molecular complexity index is 672. The Kier molecular flexibility index (Phi) is 6.68. The lowest BCUT2D eigenvalue weighted by molar-refractivity contribution is 0.0374. The van der Waals surface area contributed by atoms with Crippen molar-refractivity contribution in [3.63, 3.8) is 0 Å². The van der Waals surface area contributed by atoms with Gasteiger partial charge in [-0.3, -0.25) is 4.90 Å². The van der Waals surface area contributed by atoms with Crippen LogP contribution in [0.1, 0.15) is 17.5 Å². The zero-order chi connectivity index (χ0) is 17.5. The van der Waals surface area contributed by atoms with E-state index < -0.39 is 0 Å². The summed E-state index contributed by atoms with van der Waals surface area (Å²) in [5.74, 6) is 0.606. The molecule has 0 spiro atoms. The van der Waals surface area contributed by atoms with Crippen LogP contribution in [0, 0.1) is 5.82 Å². The molecule has 1 fully saturated rings. The number of hydrogen-bond acceptors (Lipinski definition) is 3. The van der Waals surface area contributed by atoms with E-state index in [-0.39, 0.29) is 5.82 Å². The Balaban J connectivity index is 1.56. The largest absolute Gasteiger partial charge is 0.489 e. The molecular formula is C20H23ClFNO2. The molecule has 0 atom stereocenters. The van der Waals surface area contributed by atoms with Gasteiger partial charge in [0, 0.05) is 18.1 Å². The standard InChI is InChI=1S/C20H23ClFNO2/c21-18-5-8-20(25-15-16-3-6-19(22)7-4-16)17(14-18)2-1-9-23-10-12-24-13-11-23/h3-8,14H,1-2,9-13,15H2. The van der Waals surface area contributed by atoms with Crippen LogP contribution in [0.15, 0.2) is 42.5 Å². The van der Waals surface area contributed by atoms with E-state index >= 15 is 0 Å². The van der Waals surface area contributed by atoms with Gasteiger partial charge in [-0.05, 0) is 60.8 Å². The molecule has 3 nitrogen and oxygen atoms in total. The quantitative estimate of drug-likeness (QED) is 0.731. The van der Waals surface area contributed by atoms with Crippen molar-refractivity contribution in [2.45, 2.75) is 19.4 Å². The number of morpholine rings is 1. The minimum Gasteiger partial charge on any atom is -0.489 e. The number of nitrogens with zero attached hydrogens (tertiary/aromatic N) is 1. The molecule has 5 heteroatoms. The molecule has 0 saturated carbocycles. The predicted molar refractivity (Wildman–Crippen MR) is 97.8 cm³/mol. The highest BCUT2D eigenvalue weighted by atomic mass is 35.5. The van der Waals surface area contributed by atoms with Crippen LogP contribution < -0.4 is 4.74 Å². The van der Waals surface area contributed by atoms with Gasteiger partial charge < -0.3 is 9.47 Å². The van der Waals surface area contributed by atoms with Gasteiger partial charge in [0.05, 0.1) is 13.2 Å². The number of aryl methyl sites for hydroxylation is 1. The lowest BCUT2D eigenvalue weighted by Gasteiger charge is -2.26. The van der Waals surface area contributed by atoms with Crippen molar-refractivity contribution in [2.75, 3.05) is 32.8 Å². The SMILES string of the molecule is Fc1ccc(COc2ccc(Cl)cc2CCCN2CCOCC2)cc1. The zero-order valence-corrected chi connectivity index (χ0v) is 15.0. The van der Waals surface area contributed by atoms with E-state index in [1.54, 1.807) is 12.1 Å². The second-order valence-electron chi connectivity index (χ2n) is 6.22. The summed E-state index contributed by atoms with van der Waals surface area (Å²) < 4.78 is 24.3. The predicted octanol–water partition coefficient (Wildman–Crippen LogP) is 4.32. The minimum absolute atomic E-state index is 0.237. The monoisotopic (exact) mass is 363 g/mol. The highest BCUT2D eigenvalue weighted by Crippen LogP contribution is 2.25. The molecule has 134 valence electrons. The van der Waals surface area contributed by atoms with Crippen LogP contribution in [0.5, 0.6) is 5.75 Å². The maximum atomic E-state index is 13.0. The molecule has 0 amide bonds. The van der Waals surface area contributed by atoms with Gasteiger partial charge in [-0.2, -0.15) is 0 Å². The van der Waals surface area contributed by atoms with Gasteiger partial charge in [0.25, 0.3) is 0 Å². The molecule has 0 aliphatic carbocycles. The average molecular weight is 364 g/mol. The molecule has 1 heterocycles. The van der Waals surface area contributed by atoms with Crippen molar-refractivity contribution in [3.05, 3.63) is 64.4 Å². The van der Waals surface area contributed by atoms with Gasteiger partial charge in [-0.1, -0.05) is 23.7 Å². The lowest BCUT2D eigenvalue weighted by Crippen LogP contribution is -2.36. The molecule has 0 N–H and O–H groups in total. The molecule has 1 aliphatic heterocycles. The normalized spacial score (nSPS) is 15.3. The van der Waals surface area contributed by atoms with Crippen molar-refractivity contribution in [3.8, 4) is 5.75 Å². The third-order valence-electron chi connectivity index (χ3n) is 4.35. The van der Waals surface area contributed by atoms with Crippen molar-refractivity contribution >= 4 is 11.6 Å². The van der Waals surface area contributed by atoms with Gasteiger partial charge in [0.2, 0.25) is 0 Å². The summed E-state index contributed by atoms with van der Waals surface area (Å²) in [6, 6.07) is 12.1. The molecule has 0 unspecified atom stereocenters. The van der Waals surface area contributed by atoms with Gasteiger partial charge in [0.1, 0.15) is 18.2 Å². The third-order valence-corrected chi connectivity index (χ3v) is 4.59. The van der Waals surface area contributed by atoms with E-state index in [2.05, 4.69) is 4.90 Å². The van der Waals surface area contributed by atoms with E-state index in [9.17, 15) is 4.39 Å². The highest BCUT2D eigenvalue weighted by molar-refractivity contribution is 6.30. The van der Waals surface area contributed by atoms with E-state index in [1.165, 1.54) is 12.1 Å². The second-order valence-corrected chi connectivity index (χ2v) is 6.66. The van der Waals surface area contributed by atoms with E-state index in [0.717, 1.165) is 67.6 Å². The molecule has 1 saturated heterocycles. The summed E-state index contributed by atoms with van der Waals surface area (Å²) >= 11 is 6.15. The third kappa shape index (κ3) is 5.70. The van der Waals surface area contributed by atoms with E-state index in [1.807, 2.05) is 18.2 Å². The van der Waals surface area contributed by atoms with Gasteiger partial charge in [0.15, 0.2) is 0 Å². The molecule has 1 aliphatic rings. The minimum atomic E-state index is -0.237. The van der Waals surface area contributed by atoms with Gasteiger partial charge in [-0.15, -0.1) is 0 Å². The van der Waals surface area contributed by atoms with Crippen LogP contribution in [0.2, 0.25) is 5.02 Å². The van der Waals surface area contributed by atoms with Gasteiger partial charge >= 0.3 is 0 Å². The van der Waals surface area contributed by atoms with Crippen LogP contribution in [0.3, 0.4) is 0 Å². The Morgan fingerprint density at radius 2 is 1.84 bits per heavy atom. The number of rotatable bonds is 7. The van der Waals surface area contributed by atoms with Crippen molar-refractivity contribution in [1.82, 2.24) is 4.90 Å². The first kappa shape index (κ1) is 18.2. The number of halogens is 2. The highest BCUT2D eigenvalue weighted by Gasteiger charge is 2.11. The molecule has 2 aromatic rings. The molecule has 0 aromatic heterocycles. The maximum absolute atomic E-state index is 13.0. The second kappa shape index (κ2) is 9.18. The molecule has 25 heavy (non-hydrogen) atoms. The first-order chi connectivity index (χ1) is 12.2. The summed E-state index contributed by atoms with van der Waals surface area (Å²) in [6.45, 7) is 5.12. The van der Waals surface area contributed by atoms with Crippen molar-refractivity contribution in [1.29, 1.82) is 0 Å². The summed E-state index contributed by atoms with van der Waals surface area (Å²) in [4.78, 5) is 2.42. The molecular weight excluding hydrogens is 341 g/mol. The first-order valence-electron chi connectivity index (χ1n) is 8.66. The summed E-state index contributed by atoms with van der Waals surface area (Å²) in [5, 5.41) is 0.718. The fourth-order valence-corrected chi connectivity index (χ4v) is 3.14. The summed E-state index contributed by atoms with van der Waals surface area (Å²) in [6.07, 6.45) is 1.96. The fourth-order valence-electron chi connectivity index (χ4n) is 2.94. The van der Waals surface area contributed by atoms with Crippen molar-refractivity contribution in [2.24, 2.45) is 0 Å². The van der Waals surface area contributed by atoms with Gasteiger partial charge in [-0.25, -0.2) is 4.39 Å². The molecule has 2 aromatic carbocycles. The first-order valence-corrected chi connectivity index (χ1v) is 9.04. The van der Waals surface area contributed by atoms with Crippen LogP contribution >= 0.6 is 11.6 Å². The van der Waals surface area contributed by atoms with Crippen LogP contribution in [0.25, 0.3) is 0 Å². The smallest absolute Gasteiger partial charge is 0.123 e. The molecule has 0 bridgehead atoms. The zero-order valence-electron chi connectivity index (χ0n) is 14.2. The Labute approximate surface area is 153 Å². The molecule has 3 rings (SSSR count).